The Labute approximate surface area is 143 Å². The minimum atomic E-state index is -4.83. The van der Waals surface area contributed by atoms with Crippen molar-refractivity contribution in [2.45, 2.75) is 38.3 Å². The Balaban J connectivity index is 2.27. The smallest absolute Gasteiger partial charge is 0.417 e. The molecule has 2 heterocycles. The normalized spacial score (nSPS) is 20.8. The maximum Gasteiger partial charge on any atom is 0.417 e. The van der Waals surface area contributed by atoms with E-state index in [9.17, 15) is 31.1 Å². The van der Waals surface area contributed by atoms with Crippen molar-refractivity contribution in [3.63, 3.8) is 0 Å². The number of H-pyrrole nitrogens is 1. The van der Waals surface area contributed by atoms with Gasteiger partial charge >= 0.3 is 12.4 Å². The molecule has 1 N–H and O–H groups in total. The van der Waals surface area contributed by atoms with Gasteiger partial charge in [0, 0.05) is 17.5 Å². The Morgan fingerprint density at radius 1 is 1.12 bits per heavy atom. The van der Waals surface area contributed by atoms with Gasteiger partial charge in [-0.25, -0.2) is 0 Å². The van der Waals surface area contributed by atoms with E-state index in [1.165, 1.54) is 6.92 Å². The van der Waals surface area contributed by atoms with E-state index in [-0.39, 0.29) is 17.0 Å². The van der Waals surface area contributed by atoms with Crippen LogP contribution in [0.3, 0.4) is 0 Å². The molecule has 0 spiro atoms. The first kappa shape index (κ1) is 18.4. The zero-order valence-corrected chi connectivity index (χ0v) is 13.6. The minimum absolute atomic E-state index is 0.0117. The van der Waals surface area contributed by atoms with Gasteiger partial charge in [0.1, 0.15) is 18.4 Å². The Morgan fingerprint density at radius 2 is 1.77 bits per heavy atom. The number of pyridine rings is 1. The van der Waals surface area contributed by atoms with Crippen molar-refractivity contribution >= 4 is 16.6 Å². The lowest BCUT2D eigenvalue weighted by Crippen LogP contribution is -2.50. The standard InChI is InChI=1S/C16H14F6N2O2/c1-7-8(2)26-13-5-11-9(3-12(13)24(7)6-15(17,18)19)10(16(20,21)22)4-14(25)23-11/h3-5,7-8H,6H2,1-2H3,(H,23,25). The van der Waals surface area contributed by atoms with Gasteiger partial charge < -0.3 is 14.6 Å². The van der Waals surface area contributed by atoms with Gasteiger partial charge in [0.05, 0.1) is 22.8 Å². The van der Waals surface area contributed by atoms with Crippen LogP contribution in [0.15, 0.2) is 23.0 Å². The fourth-order valence-electron chi connectivity index (χ4n) is 3.02. The number of ether oxygens (including phenoxy) is 1. The molecular formula is C16H14F6N2O2. The summed E-state index contributed by atoms with van der Waals surface area (Å²) in [4.78, 5) is 14.8. The number of hydrogen-bond acceptors (Lipinski definition) is 3. The van der Waals surface area contributed by atoms with Crippen molar-refractivity contribution in [2.75, 3.05) is 11.4 Å². The van der Waals surface area contributed by atoms with Crippen molar-refractivity contribution in [3.8, 4) is 5.75 Å². The van der Waals surface area contributed by atoms with E-state index in [1.807, 2.05) is 0 Å². The number of nitrogens with zero attached hydrogens (tertiary/aromatic N) is 1. The van der Waals surface area contributed by atoms with Gasteiger partial charge in [-0.1, -0.05) is 0 Å². The molecule has 0 saturated carbocycles. The van der Waals surface area contributed by atoms with Gasteiger partial charge in [0.2, 0.25) is 5.56 Å². The summed E-state index contributed by atoms with van der Waals surface area (Å²) in [6.45, 7) is 1.74. The Bertz CT molecular complexity index is 902. The van der Waals surface area contributed by atoms with E-state index in [2.05, 4.69) is 4.98 Å². The molecule has 2 atom stereocenters. The maximum atomic E-state index is 13.3. The van der Waals surface area contributed by atoms with Crippen LogP contribution in [0, 0.1) is 0 Å². The van der Waals surface area contributed by atoms with Gasteiger partial charge in [-0.3, -0.25) is 4.79 Å². The number of benzene rings is 1. The first-order chi connectivity index (χ1) is 11.9. The molecule has 0 bridgehead atoms. The van der Waals surface area contributed by atoms with Crippen molar-refractivity contribution < 1.29 is 31.1 Å². The number of anilines is 1. The molecule has 2 aromatic rings. The van der Waals surface area contributed by atoms with Crippen LogP contribution in [0.25, 0.3) is 10.9 Å². The third kappa shape index (κ3) is 3.32. The molecule has 1 aromatic carbocycles. The summed E-state index contributed by atoms with van der Waals surface area (Å²) < 4.78 is 84.2. The summed E-state index contributed by atoms with van der Waals surface area (Å²) in [5.41, 5.74) is -2.43. The van der Waals surface area contributed by atoms with Crippen molar-refractivity contribution in [2.24, 2.45) is 0 Å². The summed E-state index contributed by atoms with van der Waals surface area (Å²) in [6.07, 6.45) is -10.0. The fourth-order valence-corrected chi connectivity index (χ4v) is 3.02. The predicted molar refractivity (Wildman–Crippen MR) is 82.5 cm³/mol. The molecule has 0 aliphatic carbocycles. The van der Waals surface area contributed by atoms with Crippen LogP contribution >= 0.6 is 0 Å². The molecule has 0 saturated heterocycles. The summed E-state index contributed by atoms with van der Waals surface area (Å²) in [5.74, 6) is -0.0117. The molecule has 1 aliphatic heterocycles. The number of rotatable bonds is 1. The summed E-state index contributed by atoms with van der Waals surface area (Å²) in [5, 5.41) is -0.395. The zero-order chi connectivity index (χ0) is 19.4. The largest absolute Gasteiger partial charge is 0.486 e. The molecule has 2 unspecified atom stereocenters. The van der Waals surface area contributed by atoms with Crippen LogP contribution in [-0.4, -0.2) is 29.9 Å². The highest BCUT2D eigenvalue weighted by molar-refractivity contribution is 5.89. The highest BCUT2D eigenvalue weighted by atomic mass is 19.4. The highest BCUT2D eigenvalue weighted by Gasteiger charge is 2.40. The molecule has 3 rings (SSSR count). The van der Waals surface area contributed by atoms with Crippen molar-refractivity contribution in [1.82, 2.24) is 4.98 Å². The second kappa shape index (κ2) is 5.82. The second-order valence-electron chi connectivity index (χ2n) is 6.22. The molecule has 0 fully saturated rings. The fraction of sp³-hybridized carbons (Fsp3) is 0.438. The third-order valence-corrected chi connectivity index (χ3v) is 4.37. The molecule has 0 radical (unpaired) electrons. The van der Waals surface area contributed by atoms with E-state index < -0.39 is 47.6 Å². The Kier molecular flexibility index (Phi) is 4.12. The molecule has 0 amide bonds. The lowest BCUT2D eigenvalue weighted by atomic mass is 10.0. The number of nitrogens with one attached hydrogen (secondary N) is 1. The minimum Gasteiger partial charge on any atom is -0.486 e. The van der Waals surface area contributed by atoms with Gasteiger partial charge in [-0.15, -0.1) is 0 Å². The highest BCUT2D eigenvalue weighted by Crippen LogP contribution is 2.43. The number of alkyl halides is 6. The zero-order valence-electron chi connectivity index (χ0n) is 13.6. The Hall–Kier alpha value is -2.39. The number of hydrogen-bond donors (Lipinski definition) is 1. The van der Waals surface area contributed by atoms with Crippen molar-refractivity contribution in [1.29, 1.82) is 0 Å². The predicted octanol–water partition coefficient (Wildman–Crippen LogP) is 4.09. The van der Waals surface area contributed by atoms with Crippen LogP contribution in [0.4, 0.5) is 32.0 Å². The summed E-state index contributed by atoms with van der Waals surface area (Å²) in [7, 11) is 0. The monoisotopic (exact) mass is 380 g/mol. The lowest BCUT2D eigenvalue weighted by Gasteiger charge is -2.41. The molecule has 142 valence electrons. The molecule has 1 aliphatic rings. The van der Waals surface area contributed by atoms with E-state index >= 15 is 0 Å². The van der Waals surface area contributed by atoms with Crippen LogP contribution in [0.2, 0.25) is 0 Å². The van der Waals surface area contributed by atoms with E-state index in [4.69, 9.17) is 4.74 Å². The third-order valence-electron chi connectivity index (χ3n) is 4.37. The van der Waals surface area contributed by atoms with E-state index in [0.29, 0.717) is 6.07 Å². The van der Waals surface area contributed by atoms with Crippen LogP contribution in [-0.2, 0) is 6.18 Å². The molecule has 26 heavy (non-hydrogen) atoms. The molecule has 4 nitrogen and oxygen atoms in total. The van der Waals surface area contributed by atoms with Gasteiger partial charge in [0.15, 0.2) is 0 Å². The number of aromatic amines is 1. The van der Waals surface area contributed by atoms with Crippen LogP contribution < -0.4 is 15.2 Å². The first-order valence-electron chi connectivity index (χ1n) is 7.65. The first-order valence-corrected chi connectivity index (χ1v) is 7.65. The average Bonchev–Trinajstić information content (AvgIpc) is 2.47. The Morgan fingerprint density at radius 3 is 2.35 bits per heavy atom. The summed E-state index contributed by atoms with van der Waals surface area (Å²) in [6, 6.07) is 1.79. The quantitative estimate of drug-likeness (QED) is 0.759. The van der Waals surface area contributed by atoms with Gasteiger partial charge in [0.25, 0.3) is 0 Å². The second-order valence-corrected chi connectivity index (χ2v) is 6.22. The van der Waals surface area contributed by atoms with Crippen molar-refractivity contribution in [3.05, 3.63) is 34.1 Å². The maximum absolute atomic E-state index is 13.3. The van der Waals surface area contributed by atoms with E-state index in [0.717, 1.165) is 17.0 Å². The number of aromatic nitrogens is 1. The summed E-state index contributed by atoms with van der Waals surface area (Å²) >= 11 is 0. The van der Waals surface area contributed by atoms with Crippen LogP contribution in [0.5, 0.6) is 5.75 Å². The van der Waals surface area contributed by atoms with E-state index in [1.54, 1.807) is 6.92 Å². The SMILES string of the molecule is CC1Oc2cc3[nH]c(=O)cc(C(F)(F)F)c3cc2N(CC(F)(F)F)C1C. The molecular weight excluding hydrogens is 366 g/mol. The van der Waals surface area contributed by atoms with Gasteiger partial charge in [-0.2, -0.15) is 26.3 Å². The lowest BCUT2D eigenvalue weighted by molar-refractivity contribution is -0.136. The molecule has 10 heteroatoms. The topological polar surface area (TPSA) is 45.3 Å². The average molecular weight is 380 g/mol. The van der Waals surface area contributed by atoms with Gasteiger partial charge in [-0.05, 0) is 19.9 Å². The number of halogens is 6. The molecule has 1 aromatic heterocycles. The van der Waals surface area contributed by atoms with Crippen LogP contribution in [0.1, 0.15) is 19.4 Å². The number of fused-ring (bicyclic) bond motifs is 2.